The normalized spacial score (nSPS) is 19.3. The molecule has 2 N–H and O–H groups in total. The third-order valence-electron chi connectivity index (χ3n) is 4.84. The van der Waals surface area contributed by atoms with Gasteiger partial charge in [0.1, 0.15) is 6.54 Å². The topological polar surface area (TPSA) is 76.0 Å². The van der Waals surface area contributed by atoms with Gasteiger partial charge in [-0.05, 0) is 24.1 Å². The predicted molar refractivity (Wildman–Crippen MR) is 99.5 cm³/mol. The van der Waals surface area contributed by atoms with Crippen molar-refractivity contribution in [1.29, 1.82) is 0 Å². The molecule has 0 spiro atoms. The second kappa shape index (κ2) is 7.93. The maximum Gasteiger partial charge on any atom is 0.416 e. The molecular weight excluding hydrogens is 411 g/mol. The number of nitrogens with zero attached hydrogens (tertiary/aromatic N) is 2. The molecule has 1 atom stereocenters. The van der Waals surface area contributed by atoms with Crippen LogP contribution in [-0.4, -0.2) is 40.7 Å². The molecule has 1 fully saturated rings. The van der Waals surface area contributed by atoms with Crippen molar-refractivity contribution in [2.75, 3.05) is 13.1 Å². The van der Waals surface area contributed by atoms with Crippen LogP contribution in [0.25, 0.3) is 10.8 Å². The lowest BCUT2D eigenvalue weighted by molar-refractivity contribution is -0.137. The van der Waals surface area contributed by atoms with Crippen molar-refractivity contribution in [2.24, 2.45) is 0 Å². The molecular formula is C19H21F5N4O2. The summed E-state index contributed by atoms with van der Waals surface area (Å²) < 4.78 is 67.0. The molecule has 11 heteroatoms. The molecule has 1 aromatic carbocycles. The highest BCUT2D eigenvalue weighted by Gasteiger charge is 2.37. The predicted octanol–water partition coefficient (Wildman–Crippen LogP) is 2.65. The van der Waals surface area contributed by atoms with Gasteiger partial charge in [-0.25, -0.2) is 13.5 Å². The average Bonchev–Trinajstić information content (AvgIpc) is 2.61. The van der Waals surface area contributed by atoms with Crippen molar-refractivity contribution in [3.8, 4) is 0 Å². The highest BCUT2D eigenvalue weighted by atomic mass is 19.4. The molecule has 1 aliphatic rings. The summed E-state index contributed by atoms with van der Waals surface area (Å²) in [5, 5.41) is 9.14. The van der Waals surface area contributed by atoms with Crippen molar-refractivity contribution in [3.63, 3.8) is 0 Å². The van der Waals surface area contributed by atoms with Gasteiger partial charge in [-0.3, -0.25) is 9.59 Å². The van der Waals surface area contributed by atoms with E-state index in [9.17, 15) is 31.5 Å². The highest BCUT2D eigenvalue weighted by molar-refractivity contribution is 5.85. The Morgan fingerprint density at radius 2 is 2.03 bits per heavy atom. The fourth-order valence-corrected chi connectivity index (χ4v) is 3.47. The number of hydrogen-bond donors (Lipinski definition) is 2. The van der Waals surface area contributed by atoms with Gasteiger partial charge < -0.3 is 10.6 Å². The third kappa shape index (κ3) is 4.77. The minimum absolute atomic E-state index is 0.000339. The summed E-state index contributed by atoms with van der Waals surface area (Å²) in [4.78, 5) is 25.0. The lowest BCUT2D eigenvalue weighted by Gasteiger charge is -2.30. The number of piperidine rings is 1. The van der Waals surface area contributed by atoms with Crippen LogP contribution >= 0.6 is 0 Å². The Kier molecular flexibility index (Phi) is 5.85. The summed E-state index contributed by atoms with van der Waals surface area (Å²) in [5.41, 5.74) is -1.40. The third-order valence-corrected chi connectivity index (χ3v) is 4.84. The quantitative estimate of drug-likeness (QED) is 0.729. The van der Waals surface area contributed by atoms with Crippen molar-refractivity contribution in [3.05, 3.63) is 39.8 Å². The molecule has 3 rings (SSSR count). The first-order valence-corrected chi connectivity index (χ1v) is 9.37. The number of fused-ring (bicyclic) bond motifs is 1. The summed E-state index contributed by atoms with van der Waals surface area (Å²) in [5.74, 6) is -3.96. The highest BCUT2D eigenvalue weighted by Crippen LogP contribution is 2.32. The Labute approximate surface area is 168 Å². The minimum Gasteiger partial charge on any atom is -0.350 e. The fraction of sp³-hybridized carbons (Fsp3) is 0.526. The van der Waals surface area contributed by atoms with Crippen LogP contribution in [0, 0.1) is 0 Å². The molecule has 30 heavy (non-hydrogen) atoms. The molecule has 1 amide bonds. The number of hydrogen-bond acceptors (Lipinski definition) is 4. The lowest BCUT2D eigenvalue weighted by atomic mass is 10.0. The Balaban J connectivity index is 1.92. The smallest absolute Gasteiger partial charge is 0.350 e. The largest absolute Gasteiger partial charge is 0.416 e. The number of rotatable bonds is 4. The second-order valence-electron chi connectivity index (χ2n) is 7.72. The van der Waals surface area contributed by atoms with Crippen LogP contribution in [0.15, 0.2) is 23.0 Å². The molecule has 0 unspecified atom stereocenters. The van der Waals surface area contributed by atoms with Crippen LogP contribution in [0.3, 0.4) is 0 Å². The monoisotopic (exact) mass is 432 g/mol. The van der Waals surface area contributed by atoms with E-state index in [4.69, 9.17) is 0 Å². The number of alkyl halides is 5. The van der Waals surface area contributed by atoms with E-state index in [-0.39, 0.29) is 28.9 Å². The minimum atomic E-state index is -4.58. The molecule has 1 aliphatic heterocycles. The Morgan fingerprint density at radius 3 is 2.63 bits per heavy atom. The summed E-state index contributed by atoms with van der Waals surface area (Å²) >= 11 is 0. The lowest BCUT2D eigenvalue weighted by Crippen LogP contribution is -2.54. The van der Waals surface area contributed by atoms with E-state index in [1.165, 1.54) is 0 Å². The number of aromatic nitrogens is 2. The first-order valence-electron chi connectivity index (χ1n) is 9.37. The molecule has 0 bridgehead atoms. The first-order chi connectivity index (χ1) is 13.9. The SMILES string of the molecule is CC(C)c1nn(CC(=O)N[C@H]2CNCC(F)(F)C2)c(=O)c2ccc(C(F)(F)F)cc12. The zero-order valence-electron chi connectivity index (χ0n) is 16.3. The summed E-state index contributed by atoms with van der Waals surface area (Å²) in [7, 11) is 0. The van der Waals surface area contributed by atoms with E-state index < -0.39 is 54.7 Å². The summed E-state index contributed by atoms with van der Waals surface area (Å²) in [6.07, 6.45) is -5.10. The zero-order chi connectivity index (χ0) is 22.3. The molecule has 0 aliphatic carbocycles. The van der Waals surface area contributed by atoms with Crippen molar-refractivity contribution < 1.29 is 26.7 Å². The Bertz CT molecular complexity index is 1020. The standard InChI is InChI=1S/C19H21F5N4O2/c1-10(2)16-14-5-11(19(22,23)24)3-4-13(14)17(30)28(27-16)8-15(29)26-12-6-18(20,21)9-25-7-12/h3-5,10,12,25H,6-9H2,1-2H3,(H,26,29)/t12-/m1/s1. The summed E-state index contributed by atoms with van der Waals surface area (Å²) in [6.45, 7) is 2.57. The molecule has 1 saturated heterocycles. The van der Waals surface area contributed by atoms with Gasteiger partial charge >= 0.3 is 6.18 Å². The first kappa shape index (κ1) is 22.1. The van der Waals surface area contributed by atoms with E-state index in [1.54, 1.807) is 13.8 Å². The Hall–Kier alpha value is -2.56. The molecule has 0 radical (unpaired) electrons. The molecule has 1 aromatic heterocycles. The Morgan fingerprint density at radius 1 is 1.33 bits per heavy atom. The van der Waals surface area contributed by atoms with Gasteiger partial charge in [0.05, 0.1) is 23.2 Å². The van der Waals surface area contributed by atoms with E-state index >= 15 is 0 Å². The van der Waals surface area contributed by atoms with Crippen molar-refractivity contribution in [1.82, 2.24) is 20.4 Å². The molecule has 2 heterocycles. The van der Waals surface area contributed by atoms with Gasteiger partial charge in [0.25, 0.3) is 11.5 Å². The van der Waals surface area contributed by atoms with Crippen LogP contribution in [0.5, 0.6) is 0 Å². The second-order valence-corrected chi connectivity index (χ2v) is 7.72. The van der Waals surface area contributed by atoms with Gasteiger partial charge in [-0.2, -0.15) is 18.3 Å². The van der Waals surface area contributed by atoms with E-state index in [0.29, 0.717) is 0 Å². The van der Waals surface area contributed by atoms with Crippen LogP contribution in [-0.2, 0) is 17.5 Å². The van der Waals surface area contributed by atoms with Crippen LogP contribution in [0.1, 0.15) is 37.4 Å². The average molecular weight is 432 g/mol. The molecule has 0 saturated carbocycles. The molecule has 2 aromatic rings. The van der Waals surface area contributed by atoms with Crippen LogP contribution in [0.2, 0.25) is 0 Å². The molecule has 6 nitrogen and oxygen atoms in total. The number of carbonyl (C=O) groups excluding carboxylic acids is 1. The summed E-state index contributed by atoms with van der Waals surface area (Å²) in [6, 6.07) is 1.93. The number of benzene rings is 1. The molecule has 164 valence electrons. The van der Waals surface area contributed by atoms with Gasteiger partial charge in [-0.1, -0.05) is 13.8 Å². The number of halogens is 5. The van der Waals surface area contributed by atoms with Gasteiger partial charge in [0.2, 0.25) is 5.91 Å². The van der Waals surface area contributed by atoms with Gasteiger partial charge in [-0.15, -0.1) is 0 Å². The van der Waals surface area contributed by atoms with Gasteiger partial charge in [0, 0.05) is 24.4 Å². The van der Waals surface area contributed by atoms with Crippen molar-refractivity contribution in [2.45, 2.75) is 50.9 Å². The zero-order valence-corrected chi connectivity index (χ0v) is 16.3. The van der Waals surface area contributed by atoms with Crippen LogP contribution < -0.4 is 16.2 Å². The maximum absolute atomic E-state index is 13.5. The maximum atomic E-state index is 13.5. The van der Waals surface area contributed by atoms with Crippen molar-refractivity contribution >= 4 is 16.7 Å². The van der Waals surface area contributed by atoms with E-state index in [0.717, 1.165) is 22.9 Å². The number of amides is 1. The van der Waals surface area contributed by atoms with E-state index in [1.807, 2.05) is 0 Å². The van der Waals surface area contributed by atoms with Gasteiger partial charge in [0.15, 0.2) is 0 Å². The fourth-order valence-electron chi connectivity index (χ4n) is 3.47. The number of nitrogens with one attached hydrogen (secondary N) is 2. The van der Waals surface area contributed by atoms with Crippen LogP contribution in [0.4, 0.5) is 22.0 Å². The van der Waals surface area contributed by atoms with E-state index in [2.05, 4.69) is 15.7 Å². The number of carbonyl (C=O) groups is 1.